The molecule has 0 radical (unpaired) electrons. The average molecular weight is 968 g/mol. The lowest BCUT2D eigenvalue weighted by Gasteiger charge is -2.25. The van der Waals surface area contributed by atoms with E-state index in [9.17, 15) is 32.4 Å². The van der Waals surface area contributed by atoms with Crippen LogP contribution in [0.1, 0.15) is 176 Å². The van der Waals surface area contributed by atoms with Crippen molar-refractivity contribution in [3.63, 3.8) is 0 Å². The van der Waals surface area contributed by atoms with E-state index in [0.717, 1.165) is 51.4 Å². The summed E-state index contributed by atoms with van der Waals surface area (Å²) in [5.41, 5.74) is 3.90. The largest absolute Gasteiger partial charge is 0.467 e. The van der Waals surface area contributed by atoms with E-state index in [1.54, 1.807) is 0 Å². The van der Waals surface area contributed by atoms with E-state index in [2.05, 4.69) is 85.4 Å². The van der Waals surface area contributed by atoms with Crippen LogP contribution in [0.3, 0.4) is 0 Å². The second-order valence-corrected chi connectivity index (χ2v) is 20.5. The van der Waals surface area contributed by atoms with Crippen molar-refractivity contribution in [1.29, 1.82) is 0 Å². The zero-order chi connectivity index (χ0) is 49.4. The van der Waals surface area contributed by atoms with Gasteiger partial charge in [-0.2, -0.15) is 11.8 Å². The Bertz CT molecular complexity index is 1600. The molecule has 0 heterocycles. The summed E-state index contributed by atoms with van der Waals surface area (Å²) in [5, 5.41) is 10.5. The van der Waals surface area contributed by atoms with Gasteiger partial charge in [-0.25, -0.2) is 22.7 Å². The van der Waals surface area contributed by atoms with E-state index in [4.69, 9.17) is 9.47 Å². The van der Waals surface area contributed by atoms with Gasteiger partial charge in [-0.15, -0.1) is 0 Å². The molecule has 0 aliphatic carbocycles. The Hall–Kier alpha value is -3.63. The highest BCUT2D eigenvalue weighted by Gasteiger charge is 2.30. The van der Waals surface area contributed by atoms with Crippen LogP contribution in [-0.4, -0.2) is 100 Å². The van der Waals surface area contributed by atoms with E-state index < -0.39 is 64.5 Å². The lowest BCUT2D eigenvalue weighted by molar-refractivity contribution is -0.144. The van der Waals surface area contributed by atoms with Crippen molar-refractivity contribution in [1.82, 2.24) is 26.0 Å². The summed E-state index contributed by atoms with van der Waals surface area (Å²) in [6.45, 7) is 15.2. The topological polar surface area (TPSA) is 198 Å². The number of esters is 1. The van der Waals surface area contributed by atoms with Crippen molar-refractivity contribution in [2.45, 2.75) is 195 Å². The molecule has 0 bridgehead atoms. The number of hydrogen-bond donors (Lipinski definition) is 5. The Morgan fingerprint density at radius 1 is 0.667 bits per heavy atom. The molecule has 0 aromatic carbocycles. The number of alkyl carbamates (subject to hydrolysis) is 1. The minimum Gasteiger partial charge on any atom is -0.467 e. The van der Waals surface area contributed by atoms with Crippen LogP contribution < -0.4 is 26.0 Å². The number of hydrogen-bond acceptors (Lipinski definition) is 10. The normalized spacial score (nSPS) is 13.2. The summed E-state index contributed by atoms with van der Waals surface area (Å²) in [4.78, 5) is 64.4. The van der Waals surface area contributed by atoms with Crippen LogP contribution in [0.5, 0.6) is 0 Å². The van der Waals surface area contributed by atoms with Gasteiger partial charge in [-0.05, 0) is 79.1 Å². The predicted octanol–water partition coefficient (Wildman–Crippen LogP) is 9.27. The number of nitrogens with one attached hydrogen (secondary N) is 5. The second kappa shape index (κ2) is 40.4. The Morgan fingerprint density at radius 3 is 1.77 bits per heavy atom. The molecule has 66 heavy (non-hydrogen) atoms. The fourth-order valence-corrected chi connectivity index (χ4v) is 9.07. The zero-order valence-electron chi connectivity index (χ0n) is 41.8. The molecule has 380 valence electrons. The van der Waals surface area contributed by atoms with Gasteiger partial charge in [0, 0.05) is 31.5 Å². The van der Waals surface area contributed by atoms with Gasteiger partial charge in [0.15, 0.2) is 0 Å². The highest BCUT2D eigenvalue weighted by Crippen LogP contribution is 2.15. The smallest absolute Gasteiger partial charge is 0.407 e. The highest BCUT2D eigenvalue weighted by molar-refractivity contribution is 7.99. The van der Waals surface area contributed by atoms with Crippen LogP contribution >= 0.6 is 11.8 Å². The van der Waals surface area contributed by atoms with Crippen molar-refractivity contribution in [2.24, 2.45) is 0 Å². The fourth-order valence-electron chi connectivity index (χ4n) is 6.92. The van der Waals surface area contributed by atoms with Crippen molar-refractivity contribution in [3.05, 3.63) is 47.6 Å². The Balaban J connectivity index is 5.46. The van der Waals surface area contributed by atoms with Crippen LogP contribution in [0, 0.1) is 0 Å². The number of allylic oxidation sites excluding steroid dienone is 5. The Labute approximate surface area is 404 Å². The summed E-state index contributed by atoms with van der Waals surface area (Å²) in [6.07, 6.45) is 28.3. The van der Waals surface area contributed by atoms with Gasteiger partial charge >= 0.3 is 12.1 Å². The minimum atomic E-state index is -3.77. The highest BCUT2D eigenvalue weighted by atomic mass is 32.2. The molecular formula is C50H89N5O9S2. The van der Waals surface area contributed by atoms with Gasteiger partial charge in [-0.1, -0.05) is 138 Å². The molecule has 0 spiro atoms. The number of carbonyl (C=O) groups excluding carboxylic acids is 5. The molecule has 16 heteroatoms. The number of carbonyl (C=O) groups is 5. The van der Waals surface area contributed by atoms with E-state index in [1.807, 2.05) is 0 Å². The Morgan fingerprint density at radius 2 is 1.21 bits per heavy atom. The summed E-state index contributed by atoms with van der Waals surface area (Å²) >= 11 is 1.45. The van der Waals surface area contributed by atoms with E-state index >= 15 is 0 Å². The maximum absolute atomic E-state index is 13.8. The number of methoxy groups -OCH3 is 1. The molecule has 0 aliphatic heterocycles. The lowest BCUT2D eigenvalue weighted by atomic mass is 10.0. The molecular weight excluding hydrogens is 879 g/mol. The van der Waals surface area contributed by atoms with Crippen molar-refractivity contribution in [3.8, 4) is 0 Å². The summed E-state index contributed by atoms with van der Waals surface area (Å²) < 4.78 is 38.3. The molecule has 3 atom stereocenters. The maximum Gasteiger partial charge on any atom is 0.407 e. The van der Waals surface area contributed by atoms with Crippen LogP contribution in [0.4, 0.5) is 4.79 Å². The fraction of sp³-hybridized carbons (Fsp3) is 0.740. The number of amides is 4. The number of ether oxygens (including phenoxy) is 2. The molecule has 5 N–H and O–H groups in total. The van der Waals surface area contributed by atoms with Gasteiger partial charge in [0.2, 0.25) is 27.7 Å². The molecule has 0 aromatic rings. The Kier molecular flexibility index (Phi) is 38.2. The quantitative estimate of drug-likeness (QED) is 0.0224. The van der Waals surface area contributed by atoms with Crippen LogP contribution in [0.25, 0.3) is 0 Å². The summed E-state index contributed by atoms with van der Waals surface area (Å²) in [5.74, 6) is -1.95. The monoisotopic (exact) mass is 968 g/mol. The van der Waals surface area contributed by atoms with Gasteiger partial charge in [-0.3, -0.25) is 14.4 Å². The van der Waals surface area contributed by atoms with Gasteiger partial charge < -0.3 is 30.7 Å². The van der Waals surface area contributed by atoms with Crippen LogP contribution in [-0.2, 0) is 38.7 Å². The van der Waals surface area contributed by atoms with E-state index in [-0.39, 0.29) is 31.1 Å². The molecule has 0 fully saturated rings. The van der Waals surface area contributed by atoms with Crippen LogP contribution in [0.2, 0.25) is 0 Å². The molecule has 0 rings (SSSR count). The number of rotatable bonds is 41. The van der Waals surface area contributed by atoms with Gasteiger partial charge in [0.05, 0.1) is 12.9 Å². The first kappa shape index (κ1) is 62.4. The molecule has 0 saturated heterocycles. The van der Waals surface area contributed by atoms with Gasteiger partial charge in [0.1, 0.15) is 24.7 Å². The molecule has 0 aliphatic rings. The van der Waals surface area contributed by atoms with Gasteiger partial charge in [0.25, 0.3) is 0 Å². The van der Waals surface area contributed by atoms with Crippen molar-refractivity contribution in [2.75, 3.05) is 44.1 Å². The molecule has 0 unspecified atom stereocenters. The summed E-state index contributed by atoms with van der Waals surface area (Å²) in [7, 11) is -2.54. The number of unbranched alkanes of at least 4 members (excludes halogenated alkanes) is 14. The number of sulfonamides is 1. The lowest BCUT2D eigenvalue weighted by Crippen LogP contribution is -2.58. The predicted molar refractivity (Wildman–Crippen MR) is 272 cm³/mol. The number of thioether (sulfide) groups is 1. The van der Waals surface area contributed by atoms with E-state index in [0.29, 0.717) is 25.0 Å². The molecule has 0 saturated carbocycles. The first-order chi connectivity index (χ1) is 31.5. The second-order valence-electron chi connectivity index (χ2n) is 17.5. The van der Waals surface area contributed by atoms with Crippen molar-refractivity contribution >= 4 is 51.6 Å². The first-order valence-corrected chi connectivity index (χ1v) is 27.3. The third kappa shape index (κ3) is 36.5. The average Bonchev–Trinajstić information content (AvgIpc) is 3.26. The maximum atomic E-state index is 13.8. The van der Waals surface area contributed by atoms with Crippen molar-refractivity contribution < 1.29 is 41.9 Å². The first-order valence-electron chi connectivity index (χ1n) is 24.5. The third-order valence-corrected chi connectivity index (χ3v) is 13.3. The third-order valence-electron chi connectivity index (χ3n) is 10.9. The molecule has 14 nitrogen and oxygen atoms in total. The van der Waals surface area contributed by atoms with E-state index in [1.165, 1.54) is 106 Å². The minimum absolute atomic E-state index is 0.0510. The summed E-state index contributed by atoms with van der Waals surface area (Å²) in [6, 6.07) is -3.53. The standard InChI is InChI=1S/C50H89N5O9S2/c1-9-11-12-13-14-15-16-17-18-19-20-21-22-25-37-66(61,62)52-38-45(53-43(7)56)48(58)54-44(32-23-24-34-51-50(60)64-35-10-2)47(57)55-46(49(59)63-8)39-65-36-33-42(6)31-27-30-41(5)29-26-28-40(3)4/h10,28,30,33,44-46,52H,2,9,11-27,29,31-32,34-39H2,1,3-8H3,(H,51,60)(H,53,56)(H,54,58)(H,55,57)/b41-30+,42-33+/t44-,45-,46-/m0/s1. The zero-order valence-corrected chi connectivity index (χ0v) is 43.5. The molecule has 0 aromatic heterocycles. The molecule has 4 amide bonds. The van der Waals surface area contributed by atoms with Crippen LogP contribution in [0.15, 0.2) is 47.6 Å². The SMILES string of the molecule is C=CCOC(=O)NCCCC[C@H](NC(=O)[C@H](CNS(=O)(=O)CCCCCCCCCCCCCCCC)NC(C)=O)C(=O)N[C@@H](CSC/C=C(\C)CC/C=C(\C)CCC=C(C)C)C(=O)OC.